The fourth-order valence-electron chi connectivity index (χ4n) is 2.54. The highest BCUT2D eigenvalue weighted by Crippen LogP contribution is 2.31. The molecule has 1 saturated heterocycles. The minimum absolute atomic E-state index is 0.234. The number of hydrogen-bond acceptors (Lipinski definition) is 5. The highest BCUT2D eigenvalue weighted by atomic mass is 35.5. The van der Waals surface area contributed by atoms with Gasteiger partial charge in [-0.05, 0) is 49.2 Å². The lowest BCUT2D eigenvalue weighted by atomic mass is 9.92. The van der Waals surface area contributed by atoms with Crippen LogP contribution in [0.25, 0.3) is 0 Å². The molecule has 1 aliphatic carbocycles. The SMILES string of the molecule is O=C(NC1(C(=O)O)CCSCC1)c1cnc(OCC2CC2)c(Cl)c1. The van der Waals surface area contributed by atoms with Crippen LogP contribution in [0.5, 0.6) is 5.88 Å². The number of amides is 1. The molecular formula is C16H19ClN2O4S. The fraction of sp³-hybridized carbons (Fsp3) is 0.562. The summed E-state index contributed by atoms with van der Waals surface area (Å²) in [4.78, 5) is 28.2. The zero-order valence-corrected chi connectivity index (χ0v) is 14.7. The van der Waals surface area contributed by atoms with Crippen molar-refractivity contribution in [3.8, 4) is 5.88 Å². The van der Waals surface area contributed by atoms with Gasteiger partial charge in [0.25, 0.3) is 5.91 Å². The van der Waals surface area contributed by atoms with Crippen molar-refractivity contribution in [3.05, 3.63) is 22.8 Å². The Balaban J connectivity index is 1.69. The number of nitrogens with zero attached hydrogens (tertiary/aromatic N) is 1. The Morgan fingerprint density at radius 3 is 2.71 bits per heavy atom. The second-order valence-electron chi connectivity index (χ2n) is 6.22. The molecular weight excluding hydrogens is 352 g/mol. The number of thioether (sulfide) groups is 1. The standard InChI is InChI=1S/C16H19ClN2O4S/c17-12-7-11(8-18-14(12)23-9-10-1-2-10)13(20)19-16(15(21)22)3-5-24-6-4-16/h7-8,10H,1-6,9H2,(H,19,20)(H,21,22). The number of hydrogen-bond donors (Lipinski definition) is 2. The van der Waals surface area contributed by atoms with Crippen LogP contribution in [-0.2, 0) is 4.79 Å². The lowest BCUT2D eigenvalue weighted by molar-refractivity contribution is -0.144. The van der Waals surface area contributed by atoms with Crippen molar-refractivity contribution in [2.45, 2.75) is 31.2 Å². The second kappa shape index (κ2) is 7.19. The van der Waals surface area contributed by atoms with Gasteiger partial charge in [-0.1, -0.05) is 11.6 Å². The van der Waals surface area contributed by atoms with E-state index < -0.39 is 17.4 Å². The van der Waals surface area contributed by atoms with Crippen LogP contribution in [-0.4, -0.2) is 45.6 Å². The number of nitrogens with one attached hydrogen (secondary N) is 1. The second-order valence-corrected chi connectivity index (χ2v) is 7.85. The molecule has 2 fully saturated rings. The number of halogens is 1. The molecule has 2 heterocycles. The van der Waals surface area contributed by atoms with Crippen molar-refractivity contribution in [2.75, 3.05) is 18.1 Å². The molecule has 3 rings (SSSR count). The van der Waals surface area contributed by atoms with Gasteiger partial charge in [0, 0.05) is 6.20 Å². The monoisotopic (exact) mass is 370 g/mol. The lowest BCUT2D eigenvalue weighted by Gasteiger charge is -2.33. The predicted octanol–water partition coefficient (Wildman–Crippen LogP) is 2.60. The number of ether oxygens (including phenoxy) is 1. The lowest BCUT2D eigenvalue weighted by Crippen LogP contribution is -2.56. The first-order valence-electron chi connectivity index (χ1n) is 7.92. The van der Waals surface area contributed by atoms with Crippen LogP contribution in [0, 0.1) is 5.92 Å². The number of aromatic nitrogens is 1. The first-order valence-corrected chi connectivity index (χ1v) is 9.45. The molecule has 8 heteroatoms. The third-order valence-electron chi connectivity index (χ3n) is 4.33. The Hall–Kier alpha value is -1.47. The van der Waals surface area contributed by atoms with Crippen LogP contribution in [0.2, 0.25) is 5.02 Å². The minimum Gasteiger partial charge on any atom is -0.480 e. The number of carboxylic acid groups (broad SMARTS) is 1. The van der Waals surface area contributed by atoms with Gasteiger partial charge in [0.15, 0.2) is 0 Å². The van der Waals surface area contributed by atoms with Gasteiger partial charge in [0.05, 0.1) is 12.2 Å². The van der Waals surface area contributed by atoms with E-state index in [9.17, 15) is 14.7 Å². The molecule has 2 N–H and O–H groups in total. The smallest absolute Gasteiger partial charge is 0.329 e. The molecule has 24 heavy (non-hydrogen) atoms. The Morgan fingerprint density at radius 2 is 2.12 bits per heavy atom. The molecule has 0 radical (unpaired) electrons. The summed E-state index contributed by atoms with van der Waals surface area (Å²) in [6.07, 6.45) is 4.50. The van der Waals surface area contributed by atoms with E-state index in [0.29, 0.717) is 42.8 Å². The van der Waals surface area contributed by atoms with Crippen LogP contribution >= 0.6 is 23.4 Å². The van der Waals surface area contributed by atoms with E-state index in [-0.39, 0.29) is 10.6 Å². The topological polar surface area (TPSA) is 88.5 Å². The molecule has 1 aromatic heterocycles. The van der Waals surface area contributed by atoms with Gasteiger partial charge in [0.2, 0.25) is 5.88 Å². The maximum absolute atomic E-state index is 12.4. The van der Waals surface area contributed by atoms with E-state index in [4.69, 9.17) is 16.3 Å². The number of aliphatic carboxylic acids is 1. The van der Waals surface area contributed by atoms with Gasteiger partial charge in [-0.2, -0.15) is 11.8 Å². The average molecular weight is 371 g/mol. The molecule has 0 spiro atoms. The minimum atomic E-state index is -1.21. The zero-order valence-electron chi connectivity index (χ0n) is 13.1. The van der Waals surface area contributed by atoms with Crippen LogP contribution in [0.1, 0.15) is 36.0 Å². The summed E-state index contributed by atoms with van der Waals surface area (Å²) in [7, 11) is 0. The van der Waals surface area contributed by atoms with E-state index in [0.717, 1.165) is 12.8 Å². The highest BCUT2D eigenvalue weighted by Gasteiger charge is 2.41. The Kier molecular flexibility index (Phi) is 5.20. The molecule has 130 valence electrons. The third kappa shape index (κ3) is 3.95. The normalized spacial score (nSPS) is 19.5. The van der Waals surface area contributed by atoms with E-state index in [2.05, 4.69) is 10.3 Å². The summed E-state index contributed by atoms with van der Waals surface area (Å²) in [5.74, 6) is 0.818. The molecule has 0 aromatic carbocycles. The maximum atomic E-state index is 12.4. The fourth-order valence-corrected chi connectivity index (χ4v) is 3.95. The Bertz CT molecular complexity index is 645. The largest absolute Gasteiger partial charge is 0.480 e. The number of pyridine rings is 1. The van der Waals surface area contributed by atoms with Crippen molar-refractivity contribution in [1.82, 2.24) is 10.3 Å². The summed E-state index contributed by atoms with van der Waals surface area (Å²) in [5, 5.41) is 12.4. The summed E-state index contributed by atoms with van der Waals surface area (Å²) < 4.78 is 5.53. The number of carboxylic acids is 1. The van der Waals surface area contributed by atoms with Crippen molar-refractivity contribution in [2.24, 2.45) is 5.92 Å². The van der Waals surface area contributed by atoms with Crippen molar-refractivity contribution < 1.29 is 19.4 Å². The van der Waals surface area contributed by atoms with Crippen molar-refractivity contribution in [1.29, 1.82) is 0 Å². The first kappa shape index (κ1) is 17.4. The van der Waals surface area contributed by atoms with Crippen molar-refractivity contribution in [3.63, 3.8) is 0 Å². The van der Waals surface area contributed by atoms with Crippen LogP contribution in [0.4, 0.5) is 0 Å². The molecule has 1 aromatic rings. The molecule has 6 nitrogen and oxygen atoms in total. The Morgan fingerprint density at radius 1 is 1.42 bits per heavy atom. The number of rotatable bonds is 6. The van der Waals surface area contributed by atoms with Crippen LogP contribution in [0.15, 0.2) is 12.3 Å². The van der Waals surface area contributed by atoms with E-state index >= 15 is 0 Å². The summed E-state index contributed by atoms with van der Waals surface area (Å²) in [6, 6.07) is 1.47. The van der Waals surface area contributed by atoms with E-state index in [1.165, 1.54) is 12.3 Å². The number of carbonyl (C=O) groups excluding carboxylic acids is 1. The summed E-state index contributed by atoms with van der Waals surface area (Å²) >= 11 is 7.82. The van der Waals surface area contributed by atoms with Crippen LogP contribution in [0.3, 0.4) is 0 Å². The van der Waals surface area contributed by atoms with Gasteiger partial charge < -0.3 is 15.2 Å². The predicted molar refractivity (Wildman–Crippen MR) is 91.9 cm³/mol. The van der Waals surface area contributed by atoms with Crippen molar-refractivity contribution >= 4 is 35.2 Å². The Labute approximate surface area is 149 Å². The van der Waals surface area contributed by atoms with E-state index in [1.54, 1.807) is 11.8 Å². The molecule has 1 saturated carbocycles. The first-order chi connectivity index (χ1) is 11.5. The maximum Gasteiger partial charge on any atom is 0.329 e. The zero-order chi connectivity index (χ0) is 17.2. The quantitative estimate of drug-likeness (QED) is 0.800. The summed E-state index contributed by atoms with van der Waals surface area (Å²) in [6.45, 7) is 0.581. The van der Waals surface area contributed by atoms with Gasteiger partial charge in [-0.25, -0.2) is 9.78 Å². The molecule has 0 unspecified atom stereocenters. The van der Waals surface area contributed by atoms with E-state index in [1.807, 2.05) is 0 Å². The molecule has 2 aliphatic rings. The van der Waals surface area contributed by atoms with Crippen LogP contribution < -0.4 is 10.1 Å². The number of carbonyl (C=O) groups is 2. The molecule has 0 atom stereocenters. The average Bonchev–Trinajstić information content (AvgIpc) is 3.38. The summed E-state index contributed by atoms with van der Waals surface area (Å²) in [5.41, 5.74) is -0.978. The molecule has 1 amide bonds. The van der Waals surface area contributed by atoms with Gasteiger partial charge in [0.1, 0.15) is 10.6 Å². The van der Waals surface area contributed by atoms with Gasteiger partial charge in [-0.15, -0.1) is 0 Å². The van der Waals surface area contributed by atoms with Gasteiger partial charge >= 0.3 is 5.97 Å². The highest BCUT2D eigenvalue weighted by molar-refractivity contribution is 7.99. The molecule has 1 aliphatic heterocycles. The molecule has 0 bridgehead atoms. The van der Waals surface area contributed by atoms with Gasteiger partial charge in [-0.3, -0.25) is 4.79 Å². The third-order valence-corrected chi connectivity index (χ3v) is 5.59.